The van der Waals surface area contributed by atoms with Gasteiger partial charge < -0.3 is 15.4 Å². The van der Waals surface area contributed by atoms with Gasteiger partial charge in [-0.3, -0.25) is 9.59 Å². The van der Waals surface area contributed by atoms with Crippen molar-refractivity contribution in [1.29, 1.82) is 0 Å². The fourth-order valence-corrected chi connectivity index (χ4v) is 4.26. The van der Waals surface area contributed by atoms with E-state index in [-0.39, 0.29) is 17.0 Å². The minimum absolute atomic E-state index is 0.0379. The number of hydrogen-bond acceptors (Lipinski definition) is 5. The summed E-state index contributed by atoms with van der Waals surface area (Å²) in [4.78, 5) is 24.6. The quantitative estimate of drug-likeness (QED) is 0.628. The Morgan fingerprint density at radius 2 is 1.83 bits per heavy atom. The molecule has 0 aromatic heterocycles. The zero-order chi connectivity index (χ0) is 21.8. The first-order valence-corrected chi connectivity index (χ1v) is 10.7. The first-order chi connectivity index (χ1) is 13.6. The lowest BCUT2D eigenvalue weighted by Crippen LogP contribution is -2.33. The zero-order valence-electron chi connectivity index (χ0n) is 16.4. The largest absolute Gasteiger partial charge is 0.495 e. The van der Waals surface area contributed by atoms with Crippen molar-refractivity contribution < 1.29 is 22.7 Å². The van der Waals surface area contributed by atoms with Crippen molar-refractivity contribution in [3.8, 4) is 5.75 Å². The van der Waals surface area contributed by atoms with Gasteiger partial charge in [-0.25, -0.2) is 12.7 Å². The fraction of sp³-hybridized carbons (Fsp3) is 0.263. The Kier molecular flexibility index (Phi) is 7.39. The minimum atomic E-state index is -3.73. The van der Waals surface area contributed by atoms with Crippen LogP contribution in [0.3, 0.4) is 0 Å². The van der Waals surface area contributed by atoms with E-state index >= 15 is 0 Å². The highest BCUT2D eigenvalue weighted by Crippen LogP contribution is 2.26. The van der Waals surface area contributed by atoms with Gasteiger partial charge in [0, 0.05) is 24.1 Å². The van der Waals surface area contributed by atoms with Crippen LogP contribution in [0.1, 0.15) is 15.9 Å². The maximum Gasteiger partial charge on any atom is 0.251 e. The second-order valence-electron chi connectivity index (χ2n) is 6.37. The van der Waals surface area contributed by atoms with Crippen LogP contribution in [-0.4, -0.2) is 52.3 Å². The van der Waals surface area contributed by atoms with E-state index in [0.717, 1.165) is 9.87 Å². The van der Waals surface area contributed by atoms with Crippen LogP contribution in [0.15, 0.2) is 45.8 Å². The molecule has 0 saturated heterocycles. The third-order valence-corrected chi connectivity index (χ3v) is 6.80. The first kappa shape index (κ1) is 22.9. The van der Waals surface area contributed by atoms with Crippen LogP contribution in [0.4, 0.5) is 5.69 Å². The SMILES string of the molecule is COc1ccc(C)cc1NC(=O)CNC(=O)c1ccc(Br)c(S(=O)(=O)N(C)C)c1. The van der Waals surface area contributed by atoms with Gasteiger partial charge in [0.05, 0.1) is 24.2 Å². The monoisotopic (exact) mass is 483 g/mol. The molecule has 0 aliphatic rings. The Labute approximate surface area is 178 Å². The Morgan fingerprint density at radius 3 is 2.45 bits per heavy atom. The lowest BCUT2D eigenvalue weighted by molar-refractivity contribution is -0.115. The van der Waals surface area contributed by atoms with E-state index in [9.17, 15) is 18.0 Å². The lowest BCUT2D eigenvalue weighted by Gasteiger charge is -2.14. The number of anilines is 1. The zero-order valence-corrected chi connectivity index (χ0v) is 18.8. The van der Waals surface area contributed by atoms with Crippen molar-refractivity contribution in [1.82, 2.24) is 9.62 Å². The summed E-state index contributed by atoms with van der Waals surface area (Å²) in [5.41, 5.74) is 1.55. The third-order valence-electron chi connectivity index (χ3n) is 3.99. The number of methoxy groups -OCH3 is 1. The molecule has 8 nitrogen and oxygen atoms in total. The molecule has 2 aromatic rings. The van der Waals surface area contributed by atoms with E-state index in [4.69, 9.17) is 4.74 Å². The molecule has 0 bridgehead atoms. The molecule has 0 spiro atoms. The molecule has 10 heteroatoms. The second-order valence-corrected chi connectivity index (χ2v) is 9.34. The molecule has 2 N–H and O–H groups in total. The van der Waals surface area contributed by atoms with Crippen molar-refractivity contribution in [2.75, 3.05) is 33.1 Å². The van der Waals surface area contributed by atoms with Gasteiger partial charge in [-0.05, 0) is 58.7 Å². The highest BCUT2D eigenvalue weighted by Gasteiger charge is 2.22. The predicted octanol–water partition coefficient (Wildman–Crippen LogP) is 2.38. The molecule has 29 heavy (non-hydrogen) atoms. The molecule has 0 atom stereocenters. The molecule has 0 heterocycles. The molecular weight excluding hydrogens is 462 g/mol. The van der Waals surface area contributed by atoms with Crippen molar-refractivity contribution in [3.05, 3.63) is 52.0 Å². The molecule has 156 valence electrons. The predicted molar refractivity (Wildman–Crippen MR) is 114 cm³/mol. The molecule has 0 aliphatic heterocycles. The second kappa shape index (κ2) is 9.38. The van der Waals surface area contributed by atoms with Gasteiger partial charge in [0.15, 0.2) is 0 Å². The molecule has 2 rings (SSSR count). The van der Waals surface area contributed by atoms with Crippen LogP contribution >= 0.6 is 15.9 Å². The van der Waals surface area contributed by atoms with Crippen LogP contribution in [0.2, 0.25) is 0 Å². The van der Waals surface area contributed by atoms with Crippen LogP contribution in [0, 0.1) is 6.92 Å². The van der Waals surface area contributed by atoms with Crippen LogP contribution < -0.4 is 15.4 Å². The molecule has 0 fully saturated rings. The number of nitrogens with zero attached hydrogens (tertiary/aromatic N) is 1. The molecule has 0 unspecified atom stereocenters. The topological polar surface area (TPSA) is 105 Å². The number of nitrogens with one attached hydrogen (secondary N) is 2. The summed E-state index contributed by atoms with van der Waals surface area (Å²) in [5, 5.41) is 5.16. The van der Waals surface area contributed by atoms with Crippen molar-refractivity contribution in [3.63, 3.8) is 0 Å². The Balaban J connectivity index is 2.10. The molecule has 0 radical (unpaired) electrons. The highest BCUT2D eigenvalue weighted by molar-refractivity contribution is 9.10. The number of halogens is 1. The summed E-state index contributed by atoms with van der Waals surface area (Å²) < 4.78 is 31.3. The summed E-state index contributed by atoms with van der Waals surface area (Å²) >= 11 is 3.19. The van der Waals surface area contributed by atoms with E-state index in [0.29, 0.717) is 15.9 Å². The number of ether oxygens (including phenoxy) is 1. The summed E-state index contributed by atoms with van der Waals surface area (Å²) in [5.74, 6) is -0.513. The van der Waals surface area contributed by atoms with Crippen molar-refractivity contribution >= 4 is 43.5 Å². The van der Waals surface area contributed by atoms with Gasteiger partial charge in [0.1, 0.15) is 5.75 Å². The number of benzene rings is 2. The third kappa shape index (κ3) is 5.55. The smallest absolute Gasteiger partial charge is 0.251 e. The normalized spacial score (nSPS) is 11.2. The number of amides is 2. The number of carbonyl (C=O) groups is 2. The average Bonchev–Trinajstić information content (AvgIpc) is 2.66. The summed E-state index contributed by atoms with van der Waals surface area (Å²) in [7, 11) is 0.563. The lowest BCUT2D eigenvalue weighted by atomic mass is 10.2. The highest BCUT2D eigenvalue weighted by atomic mass is 79.9. The fourth-order valence-electron chi connectivity index (χ4n) is 2.42. The van der Waals surface area contributed by atoms with Crippen molar-refractivity contribution in [2.45, 2.75) is 11.8 Å². The Morgan fingerprint density at radius 1 is 1.14 bits per heavy atom. The van der Waals surface area contributed by atoms with Crippen LogP contribution in [0.25, 0.3) is 0 Å². The number of sulfonamides is 1. The van der Waals surface area contributed by atoms with E-state index < -0.39 is 21.8 Å². The summed E-state index contributed by atoms with van der Waals surface area (Å²) in [6.07, 6.45) is 0. The molecule has 2 aromatic carbocycles. The van der Waals surface area contributed by atoms with Crippen LogP contribution in [-0.2, 0) is 14.8 Å². The van der Waals surface area contributed by atoms with E-state index in [1.54, 1.807) is 12.1 Å². The van der Waals surface area contributed by atoms with Gasteiger partial charge in [-0.15, -0.1) is 0 Å². The van der Waals surface area contributed by atoms with Crippen molar-refractivity contribution in [2.24, 2.45) is 0 Å². The average molecular weight is 484 g/mol. The Bertz CT molecular complexity index is 1040. The number of aryl methyl sites for hydroxylation is 1. The summed E-state index contributed by atoms with van der Waals surface area (Å²) in [6, 6.07) is 9.54. The Hall–Kier alpha value is -2.43. The van der Waals surface area contributed by atoms with Gasteiger partial charge in [-0.1, -0.05) is 6.07 Å². The number of carbonyl (C=O) groups excluding carboxylic acids is 2. The maximum absolute atomic E-state index is 12.4. The number of hydrogen-bond donors (Lipinski definition) is 2. The van der Waals surface area contributed by atoms with Gasteiger partial charge in [0.2, 0.25) is 15.9 Å². The molecule has 2 amide bonds. The van der Waals surface area contributed by atoms with E-state index in [1.807, 2.05) is 13.0 Å². The minimum Gasteiger partial charge on any atom is -0.495 e. The van der Waals surface area contributed by atoms with Gasteiger partial charge in [0.25, 0.3) is 5.91 Å². The number of rotatable bonds is 7. The van der Waals surface area contributed by atoms with Gasteiger partial charge >= 0.3 is 0 Å². The van der Waals surface area contributed by atoms with E-state index in [2.05, 4.69) is 26.6 Å². The molecule has 0 aliphatic carbocycles. The van der Waals surface area contributed by atoms with E-state index in [1.165, 1.54) is 39.4 Å². The maximum atomic E-state index is 12.4. The molecule has 0 saturated carbocycles. The first-order valence-electron chi connectivity index (χ1n) is 8.51. The van der Waals surface area contributed by atoms with Gasteiger partial charge in [-0.2, -0.15) is 0 Å². The molecular formula is C19H22BrN3O5S. The standard InChI is InChI=1S/C19H22BrN3O5S/c1-12-5-8-16(28-4)15(9-12)22-18(24)11-21-19(25)13-6-7-14(20)17(10-13)29(26,27)23(2)3/h5-10H,11H2,1-4H3,(H,21,25)(H,22,24). The summed E-state index contributed by atoms with van der Waals surface area (Å²) in [6.45, 7) is 1.59. The van der Waals surface area contributed by atoms with Crippen LogP contribution in [0.5, 0.6) is 5.75 Å².